The summed E-state index contributed by atoms with van der Waals surface area (Å²) in [4.78, 5) is 25.5. The Kier molecular flexibility index (Phi) is 6.87. The number of hydrogen-bond donors (Lipinski definition) is 2. The number of fused-ring (bicyclic) bond motifs is 1. The Morgan fingerprint density at radius 1 is 1.10 bits per heavy atom. The minimum atomic E-state index is -0.684. The maximum Gasteiger partial charge on any atom is 0.265 e. The molecule has 2 atom stereocenters. The number of anilines is 1. The first-order valence-corrected chi connectivity index (χ1v) is 11.2. The zero-order chi connectivity index (χ0) is 21.6. The Labute approximate surface area is 183 Å². The number of carbonyl (C=O) groups is 2. The van der Waals surface area contributed by atoms with Gasteiger partial charge in [-0.25, -0.2) is 0 Å². The highest BCUT2D eigenvalue weighted by molar-refractivity contribution is 6.04. The molecule has 1 fully saturated rings. The van der Waals surface area contributed by atoms with Crippen molar-refractivity contribution in [3.05, 3.63) is 59.2 Å². The summed E-state index contributed by atoms with van der Waals surface area (Å²) in [6.07, 6.45) is 5.73. The molecule has 2 N–H and O–H groups in total. The summed E-state index contributed by atoms with van der Waals surface area (Å²) >= 11 is 0. The minimum absolute atomic E-state index is 0.0657. The molecular formula is C25H30N2O4. The van der Waals surface area contributed by atoms with Crippen LogP contribution in [0.1, 0.15) is 54.1 Å². The molecule has 1 saturated heterocycles. The number of benzene rings is 2. The van der Waals surface area contributed by atoms with Gasteiger partial charge in [0.2, 0.25) is 0 Å². The highest BCUT2D eigenvalue weighted by Crippen LogP contribution is 2.30. The molecule has 1 heterocycles. The average molecular weight is 423 g/mol. The molecule has 6 nitrogen and oxygen atoms in total. The molecule has 0 radical (unpaired) electrons. The van der Waals surface area contributed by atoms with Crippen molar-refractivity contribution in [2.24, 2.45) is 0 Å². The fourth-order valence-corrected chi connectivity index (χ4v) is 4.23. The molecule has 1 aliphatic carbocycles. The number of aryl methyl sites for hydroxylation is 1. The van der Waals surface area contributed by atoms with E-state index in [1.807, 2.05) is 12.1 Å². The van der Waals surface area contributed by atoms with Crippen LogP contribution >= 0.6 is 0 Å². The number of hydrogen-bond acceptors (Lipinski definition) is 4. The van der Waals surface area contributed by atoms with Crippen molar-refractivity contribution in [2.45, 2.75) is 57.7 Å². The molecule has 0 bridgehead atoms. The fourth-order valence-electron chi connectivity index (χ4n) is 4.23. The molecule has 164 valence electrons. The van der Waals surface area contributed by atoms with E-state index in [2.05, 4.69) is 16.7 Å². The van der Waals surface area contributed by atoms with Crippen LogP contribution in [-0.2, 0) is 22.4 Å². The predicted molar refractivity (Wildman–Crippen MR) is 120 cm³/mol. The Morgan fingerprint density at radius 2 is 1.94 bits per heavy atom. The van der Waals surface area contributed by atoms with Gasteiger partial charge in [-0.1, -0.05) is 24.3 Å². The average Bonchev–Trinajstić information content (AvgIpc) is 3.32. The molecule has 2 aliphatic rings. The van der Waals surface area contributed by atoms with Gasteiger partial charge in [-0.3, -0.25) is 9.59 Å². The van der Waals surface area contributed by atoms with Crippen LogP contribution in [0, 0.1) is 0 Å². The SMILES string of the molecule is C[C@@H](Oc1cccc2c1CCCC2)C(=O)Nc1ccccc1C(=O)NC[C@H]1CCCO1. The van der Waals surface area contributed by atoms with E-state index < -0.39 is 6.10 Å². The zero-order valence-corrected chi connectivity index (χ0v) is 18.0. The van der Waals surface area contributed by atoms with Gasteiger partial charge in [0.25, 0.3) is 11.8 Å². The Bertz CT molecular complexity index is 937. The Balaban J connectivity index is 1.40. The maximum atomic E-state index is 12.8. The summed E-state index contributed by atoms with van der Waals surface area (Å²) in [5, 5.41) is 5.77. The first kappa shape index (κ1) is 21.4. The highest BCUT2D eigenvalue weighted by atomic mass is 16.5. The van der Waals surface area contributed by atoms with Gasteiger partial charge in [0.1, 0.15) is 5.75 Å². The molecule has 4 rings (SSSR count). The Hall–Kier alpha value is -2.86. The molecule has 6 heteroatoms. The number of rotatable bonds is 7. The van der Waals surface area contributed by atoms with Gasteiger partial charge in [-0.2, -0.15) is 0 Å². The third-order valence-electron chi connectivity index (χ3n) is 5.97. The van der Waals surface area contributed by atoms with Gasteiger partial charge in [-0.15, -0.1) is 0 Å². The normalized spacial score (nSPS) is 18.7. The van der Waals surface area contributed by atoms with Crippen LogP contribution in [0.25, 0.3) is 0 Å². The van der Waals surface area contributed by atoms with Crippen LogP contribution in [0.5, 0.6) is 5.75 Å². The monoisotopic (exact) mass is 422 g/mol. The molecule has 2 aromatic carbocycles. The van der Waals surface area contributed by atoms with E-state index >= 15 is 0 Å². The number of nitrogens with one attached hydrogen (secondary N) is 2. The smallest absolute Gasteiger partial charge is 0.265 e. The molecule has 1 aliphatic heterocycles. The third-order valence-corrected chi connectivity index (χ3v) is 5.97. The molecular weight excluding hydrogens is 392 g/mol. The van der Waals surface area contributed by atoms with Crippen LogP contribution < -0.4 is 15.4 Å². The lowest BCUT2D eigenvalue weighted by atomic mass is 9.91. The summed E-state index contributed by atoms with van der Waals surface area (Å²) in [5.74, 6) is 0.271. The second-order valence-corrected chi connectivity index (χ2v) is 8.24. The standard InChI is InChI=1S/C25H30N2O4/c1-17(31-23-14-6-9-18-8-2-3-11-20(18)23)24(28)27-22-13-5-4-12-21(22)25(29)26-16-19-10-7-15-30-19/h4-6,9,12-14,17,19H,2-3,7-8,10-11,15-16H2,1H3,(H,26,29)(H,27,28)/t17-,19-/m1/s1. The van der Waals surface area contributed by atoms with E-state index in [0.29, 0.717) is 17.8 Å². The maximum absolute atomic E-state index is 12.8. The third kappa shape index (κ3) is 5.25. The van der Waals surface area contributed by atoms with E-state index in [-0.39, 0.29) is 17.9 Å². The van der Waals surface area contributed by atoms with Crippen LogP contribution in [0.15, 0.2) is 42.5 Å². The van der Waals surface area contributed by atoms with Crippen molar-refractivity contribution in [2.75, 3.05) is 18.5 Å². The van der Waals surface area contributed by atoms with E-state index in [1.165, 1.54) is 17.5 Å². The van der Waals surface area contributed by atoms with Gasteiger partial charge in [0.05, 0.1) is 17.4 Å². The van der Waals surface area contributed by atoms with E-state index in [9.17, 15) is 9.59 Å². The van der Waals surface area contributed by atoms with Gasteiger partial charge in [0.15, 0.2) is 6.10 Å². The lowest BCUT2D eigenvalue weighted by Gasteiger charge is -2.22. The first-order chi connectivity index (χ1) is 15.1. The molecule has 2 amide bonds. The van der Waals surface area contributed by atoms with Gasteiger partial charge in [0, 0.05) is 13.2 Å². The summed E-state index contributed by atoms with van der Waals surface area (Å²) < 4.78 is 11.6. The van der Waals surface area contributed by atoms with Crippen molar-refractivity contribution in [3.8, 4) is 5.75 Å². The Morgan fingerprint density at radius 3 is 2.77 bits per heavy atom. The summed E-state index contributed by atoms with van der Waals surface area (Å²) in [7, 11) is 0. The largest absolute Gasteiger partial charge is 0.481 e. The molecule has 0 unspecified atom stereocenters. The van der Waals surface area contributed by atoms with E-state index in [0.717, 1.165) is 44.5 Å². The topological polar surface area (TPSA) is 76.7 Å². The summed E-state index contributed by atoms with van der Waals surface area (Å²) in [6.45, 7) is 2.95. The summed E-state index contributed by atoms with van der Waals surface area (Å²) in [5.41, 5.74) is 3.42. The van der Waals surface area contributed by atoms with Crippen LogP contribution in [0.2, 0.25) is 0 Å². The number of amides is 2. The molecule has 0 aromatic heterocycles. The summed E-state index contributed by atoms with van der Waals surface area (Å²) in [6, 6.07) is 13.1. The quantitative estimate of drug-likeness (QED) is 0.710. The van der Waals surface area contributed by atoms with E-state index in [1.54, 1.807) is 31.2 Å². The van der Waals surface area contributed by atoms with Gasteiger partial charge >= 0.3 is 0 Å². The predicted octanol–water partition coefficient (Wildman–Crippen LogP) is 3.88. The van der Waals surface area contributed by atoms with Crippen molar-refractivity contribution >= 4 is 17.5 Å². The molecule has 0 spiro atoms. The number of ether oxygens (including phenoxy) is 2. The fraction of sp³-hybridized carbons (Fsp3) is 0.440. The highest BCUT2D eigenvalue weighted by Gasteiger charge is 2.22. The second-order valence-electron chi connectivity index (χ2n) is 8.24. The van der Waals surface area contributed by atoms with Crippen molar-refractivity contribution < 1.29 is 19.1 Å². The van der Waals surface area contributed by atoms with Crippen molar-refractivity contribution in [3.63, 3.8) is 0 Å². The van der Waals surface area contributed by atoms with Crippen LogP contribution in [0.3, 0.4) is 0 Å². The van der Waals surface area contributed by atoms with Crippen molar-refractivity contribution in [1.29, 1.82) is 0 Å². The lowest BCUT2D eigenvalue weighted by molar-refractivity contribution is -0.122. The molecule has 31 heavy (non-hydrogen) atoms. The minimum Gasteiger partial charge on any atom is -0.481 e. The van der Waals surface area contributed by atoms with Gasteiger partial charge < -0.3 is 20.1 Å². The zero-order valence-electron chi connectivity index (χ0n) is 18.0. The number of carbonyl (C=O) groups excluding carboxylic acids is 2. The lowest BCUT2D eigenvalue weighted by Crippen LogP contribution is -2.34. The number of para-hydroxylation sites is 1. The van der Waals surface area contributed by atoms with Gasteiger partial charge in [-0.05, 0) is 74.8 Å². The van der Waals surface area contributed by atoms with Crippen molar-refractivity contribution in [1.82, 2.24) is 5.32 Å². The van der Waals surface area contributed by atoms with E-state index in [4.69, 9.17) is 9.47 Å². The van der Waals surface area contributed by atoms with Crippen LogP contribution in [0.4, 0.5) is 5.69 Å². The first-order valence-electron chi connectivity index (χ1n) is 11.2. The molecule has 2 aromatic rings. The molecule has 0 saturated carbocycles. The second kappa shape index (κ2) is 9.96. The van der Waals surface area contributed by atoms with Crippen LogP contribution in [-0.4, -0.2) is 37.2 Å².